The van der Waals surface area contributed by atoms with Crippen LogP contribution in [-0.4, -0.2) is 23.0 Å². The molecule has 3 aromatic rings. The van der Waals surface area contributed by atoms with Crippen LogP contribution in [0.5, 0.6) is 0 Å². The van der Waals surface area contributed by atoms with Crippen molar-refractivity contribution in [3.63, 3.8) is 0 Å². The number of H-pyrrole nitrogens is 1. The number of para-hydroxylation sites is 1. The Labute approximate surface area is 164 Å². The molecule has 2 N–H and O–H groups in total. The maximum Gasteiger partial charge on any atom is 0.306 e. The normalized spacial score (nSPS) is 12.0. The average molecular weight is 404 g/mol. The number of aryl methyl sites for hydroxylation is 1. The van der Waals surface area contributed by atoms with Crippen molar-refractivity contribution >= 4 is 28.5 Å². The van der Waals surface area contributed by atoms with E-state index in [0.29, 0.717) is 18.9 Å². The maximum absolute atomic E-state index is 13.6. The number of ether oxygens (including phenoxy) is 1. The van der Waals surface area contributed by atoms with Gasteiger partial charge < -0.3 is 15.0 Å². The van der Waals surface area contributed by atoms with Gasteiger partial charge >= 0.3 is 5.97 Å². The first-order valence-corrected chi connectivity index (χ1v) is 9.05. The van der Waals surface area contributed by atoms with Gasteiger partial charge in [-0.2, -0.15) is 0 Å². The van der Waals surface area contributed by atoms with Gasteiger partial charge in [0.2, 0.25) is 0 Å². The van der Waals surface area contributed by atoms with E-state index in [0.717, 1.165) is 22.5 Å². The van der Waals surface area contributed by atoms with Gasteiger partial charge in [-0.3, -0.25) is 9.59 Å². The Morgan fingerprint density at radius 3 is 2.66 bits per heavy atom. The number of esters is 1. The standard InChI is InChI=1S/C21H19F3N2O3/c1-12(21(28)26-17-10-9-15(22)19(23)20(17)24)29-18(27)8-4-5-13-11-25-16-7-3-2-6-14(13)16/h2-3,6-7,9-12,25H,4-5,8H2,1H3,(H,26,28)/t12-/m0/s1. The number of aromatic nitrogens is 1. The molecular formula is C21H19F3N2O3. The summed E-state index contributed by atoms with van der Waals surface area (Å²) in [5, 5.41) is 3.17. The second kappa shape index (κ2) is 8.81. The fraction of sp³-hybridized carbons (Fsp3) is 0.238. The smallest absolute Gasteiger partial charge is 0.306 e. The zero-order valence-electron chi connectivity index (χ0n) is 15.6. The van der Waals surface area contributed by atoms with Crippen LogP contribution in [0.3, 0.4) is 0 Å². The zero-order chi connectivity index (χ0) is 21.0. The fourth-order valence-electron chi connectivity index (χ4n) is 2.93. The van der Waals surface area contributed by atoms with Crippen molar-refractivity contribution in [3.8, 4) is 0 Å². The van der Waals surface area contributed by atoms with E-state index in [1.54, 1.807) is 0 Å². The topological polar surface area (TPSA) is 71.2 Å². The molecule has 8 heteroatoms. The molecule has 2 aromatic carbocycles. The van der Waals surface area contributed by atoms with Gasteiger partial charge in [0.1, 0.15) is 0 Å². The number of carbonyl (C=O) groups is 2. The van der Waals surface area contributed by atoms with Gasteiger partial charge in [-0.05, 0) is 43.5 Å². The van der Waals surface area contributed by atoms with Crippen LogP contribution >= 0.6 is 0 Å². The SMILES string of the molecule is C[C@H](OC(=O)CCCc1c[nH]c2ccccc12)C(=O)Nc1ccc(F)c(F)c1F. The summed E-state index contributed by atoms with van der Waals surface area (Å²) in [4.78, 5) is 27.2. The number of fused-ring (bicyclic) bond motifs is 1. The molecule has 1 amide bonds. The Hall–Kier alpha value is -3.29. The van der Waals surface area contributed by atoms with Crippen LogP contribution in [0, 0.1) is 17.5 Å². The number of carbonyl (C=O) groups excluding carboxylic acids is 2. The summed E-state index contributed by atoms with van der Waals surface area (Å²) in [5.41, 5.74) is 1.56. The second-order valence-corrected chi connectivity index (χ2v) is 6.56. The maximum atomic E-state index is 13.6. The zero-order valence-corrected chi connectivity index (χ0v) is 15.6. The lowest BCUT2D eigenvalue weighted by atomic mass is 10.1. The summed E-state index contributed by atoms with van der Waals surface area (Å²) >= 11 is 0. The van der Waals surface area contributed by atoms with Crippen molar-refractivity contribution in [1.82, 2.24) is 4.98 Å². The van der Waals surface area contributed by atoms with Gasteiger partial charge in [-0.1, -0.05) is 18.2 Å². The largest absolute Gasteiger partial charge is 0.453 e. The van der Waals surface area contributed by atoms with Gasteiger partial charge in [0.25, 0.3) is 5.91 Å². The quantitative estimate of drug-likeness (QED) is 0.451. The van der Waals surface area contributed by atoms with E-state index in [1.165, 1.54) is 6.92 Å². The molecule has 1 aromatic heterocycles. The van der Waals surface area contributed by atoms with Crippen LogP contribution in [0.25, 0.3) is 10.9 Å². The molecule has 0 saturated carbocycles. The molecular weight excluding hydrogens is 385 g/mol. The van der Waals surface area contributed by atoms with Gasteiger partial charge in [0, 0.05) is 23.5 Å². The highest BCUT2D eigenvalue weighted by molar-refractivity contribution is 5.95. The fourth-order valence-corrected chi connectivity index (χ4v) is 2.93. The van der Waals surface area contributed by atoms with Crippen LogP contribution in [-0.2, 0) is 20.7 Å². The third-order valence-corrected chi connectivity index (χ3v) is 4.47. The molecule has 1 atom stereocenters. The summed E-state index contributed by atoms with van der Waals surface area (Å²) in [7, 11) is 0. The van der Waals surface area contributed by atoms with Crippen molar-refractivity contribution in [2.24, 2.45) is 0 Å². The van der Waals surface area contributed by atoms with E-state index in [9.17, 15) is 22.8 Å². The van der Waals surface area contributed by atoms with Crippen LogP contribution in [0.1, 0.15) is 25.3 Å². The highest BCUT2D eigenvalue weighted by Gasteiger charge is 2.21. The predicted molar refractivity (Wildman–Crippen MR) is 102 cm³/mol. The highest BCUT2D eigenvalue weighted by Crippen LogP contribution is 2.21. The molecule has 0 spiro atoms. The van der Waals surface area contributed by atoms with Gasteiger partial charge in [-0.15, -0.1) is 0 Å². The van der Waals surface area contributed by atoms with E-state index < -0.39 is 41.1 Å². The lowest BCUT2D eigenvalue weighted by Gasteiger charge is -2.14. The van der Waals surface area contributed by atoms with Crippen molar-refractivity contribution in [2.45, 2.75) is 32.3 Å². The Kier molecular flexibility index (Phi) is 6.21. The average Bonchev–Trinajstić information content (AvgIpc) is 3.11. The molecule has 0 aliphatic carbocycles. The van der Waals surface area contributed by atoms with Crippen LogP contribution in [0.4, 0.5) is 18.9 Å². The number of amides is 1. The second-order valence-electron chi connectivity index (χ2n) is 6.56. The number of hydrogen-bond donors (Lipinski definition) is 2. The van der Waals surface area contributed by atoms with E-state index >= 15 is 0 Å². The Bertz CT molecular complexity index is 1050. The van der Waals surface area contributed by atoms with Gasteiger partial charge in [-0.25, -0.2) is 13.2 Å². The molecule has 5 nitrogen and oxygen atoms in total. The molecule has 0 radical (unpaired) electrons. The minimum Gasteiger partial charge on any atom is -0.453 e. The third-order valence-electron chi connectivity index (χ3n) is 4.47. The van der Waals surface area contributed by atoms with Crippen molar-refractivity contribution < 1.29 is 27.5 Å². The number of rotatable bonds is 7. The van der Waals surface area contributed by atoms with E-state index in [1.807, 2.05) is 30.5 Å². The summed E-state index contributed by atoms with van der Waals surface area (Å²) in [6.07, 6.45) is 1.94. The first kappa shape index (κ1) is 20.4. The molecule has 152 valence electrons. The Morgan fingerprint density at radius 1 is 1.10 bits per heavy atom. The highest BCUT2D eigenvalue weighted by atomic mass is 19.2. The first-order valence-electron chi connectivity index (χ1n) is 9.05. The number of aromatic amines is 1. The monoisotopic (exact) mass is 404 g/mol. The lowest BCUT2D eigenvalue weighted by Crippen LogP contribution is -2.30. The third kappa shape index (κ3) is 4.77. The molecule has 0 fully saturated rings. The van der Waals surface area contributed by atoms with E-state index in [4.69, 9.17) is 4.74 Å². The minimum absolute atomic E-state index is 0.0939. The number of benzene rings is 2. The van der Waals surface area contributed by atoms with Crippen molar-refractivity contribution in [3.05, 3.63) is 65.6 Å². The molecule has 0 unspecified atom stereocenters. The summed E-state index contributed by atoms with van der Waals surface area (Å²) < 4.78 is 44.8. The van der Waals surface area contributed by atoms with Crippen LogP contribution in [0.15, 0.2) is 42.6 Å². The molecule has 0 aliphatic rings. The van der Waals surface area contributed by atoms with Crippen LogP contribution < -0.4 is 5.32 Å². The number of hydrogen-bond acceptors (Lipinski definition) is 3. The van der Waals surface area contributed by atoms with E-state index in [2.05, 4.69) is 10.3 Å². The molecule has 29 heavy (non-hydrogen) atoms. The van der Waals surface area contributed by atoms with Gasteiger partial charge in [0.05, 0.1) is 5.69 Å². The Morgan fingerprint density at radius 2 is 1.86 bits per heavy atom. The Balaban J connectivity index is 1.48. The van der Waals surface area contributed by atoms with Crippen molar-refractivity contribution in [2.75, 3.05) is 5.32 Å². The molecule has 0 aliphatic heterocycles. The summed E-state index contributed by atoms with van der Waals surface area (Å²) in [6, 6.07) is 9.39. The summed E-state index contributed by atoms with van der Waals surface area (Å²) in [5.74, 6) is -6.01. The molecule has 0 saturated heterocycles. The van der Waals surface area contributed by atoms with Crippen molar-refractivity contribution in [1.29, 1.82) is 0 Å². The predicted octanol–water partition coefficient (Wildman–Crippen LogP) is 4.48. The van der Waals surface area contributed by atoms with Gasteiger partial charge in [0.15, 0.2) is 23.6 Å². The number of nitrogens with one attached hydrogen (secondary N) is 2. The molecule has 3 rings (SSSR count). The van der Waals surface area contributed by atoms with Crippen LogP contribution in [0.2, 0.25) is 0 Å². The minimum atomic E-state index is -1.69. The number of halogens is 3. The van der Waals surface area contributed by atoms with E-state index in [-0.39, 0.29) is 6.42 Å². The first-order chi connectivity index (χ1) is 13.9. The lowest BCUT2D eigenvalue weighted by molar-refractivity contribution is -0.153. The molecule has 0 bridgehead atoms. The molecule has 1 heterocycles. The summed E-state index contributed by atoms with van der Waals surface area (Å²) in [6.45, 7) is 1.31. The number of anilines is 1.